The number of rotatable bonds is 4. The predicted octanol–water partition coefficient (Wildman–Crippen LogP) is 5.24. The van der Waals surface area contributed by atoms with Crippen LogP contribution in [0.2, 0.25) is 0 Å². The third-order valence-electron chi connectivity index (χ3n) is 4.85. The molecule has 1 aromatic heterocycles. The zero-order valence-electron chi connectivity index (χ0n) is 14.5. The van der Waals surface area contributed by atoms with Crippen LogP contribution in [0, 0.1) is 11.6 Å². The summed E-state index contributed by atoms with van der Waals surface area (Å²) in [7, 11) is 0. The van der Waals surface area contributed by atoms with Gasteiger partial charge in [-0.25, -0.2) is 13.8 Å². The summed E-state index contributed by atoms with van der Waals surface area (Å²) in [6.45, 7) is 3.12. The molecular formula is C21H21F2N3. The van der Waals surface area contributed by atoms with E-state index >= 15 is 0 Å². The molecular weight excluding hydrogens is 332 g/mol. The van der Waals surface area contributed by atoms with Gasteiger partial charge in [-0.15, -0.1) is 0 Å². The zero-order chi connectivity index (χ0) is 17.9. The molecule has 0 atom stereocenters. The summed E-state index contributed by atoms with van der Waals surface area (Å²) in [4.78, 5) is 7.00. The first-order chi connectivity index (χ1) is 12.7. The van der Waals surface area contributed by atoms with Crippen molar-refractivity contribution < 1.29 is 8.78 Å². The summed E-state index contributed by atoms with van der Waals surface area (Å²) in [6, 6.07) is 11.4. The van der Waals surface area contributed by atoms with Gasteiger partial charge < -0.3 is 5.32 Å². The van der Waals surface area contributed by atoms with E-state index in [9.17, 15) is 8.78 Å². The van der Waals surface area contributed by atoms with Crippen molar-refractivity contribution in [3.8, 4) is 0 Å². The molecule has 1 saturated heterocycles. The number of benzene rings is 2. The number of fused-ring (bicyclic) bond motifs is 1. The standard InChI is InChI=1S/C21H21F2N3/c22-16-10-17(23)12-18(11-16)25-21-20-7-3-2-6-19(20)15(13-24-21)14-26-8-4-1-5-9-26/h2-3,6-7,10-13H,1,4-5,8-9,14H2,(H,24,25). The normalized spacial score (nSPS) is 15.3. The lowest BCUT2D eigenvalue weighted by Crippen LogP contribution is -2.29. The van der Waals surface area contributed by atoms with Crippen LogP contribution in [0.5, 0.6) is 0 Å². The van der Waals surface area contributed by atoms with Crippen LogP contribution >= 0.6 is 0 Å². The molecule has 1 N–H and O–H groups in total. The molecule has 5 heteroatoms. The highest BCUT2D eigenvalue weighted by atomic mass is 19.1. The van der Waals surface area contributed by atoms with Crippen LogP contribution in [0.15, 0.2) is 48.7 Å². The Balaban J connectivity index is 1.67. The highest BCUT2D eigenvalue weighted by Crippen LogP contribution is 2.28. The third-order valence-corrected chi connectivity index (χ3v) is 4.85. The molecule has 3 aromatic rings. The lowest BCUT2D eigenvalue weighted by atomic mass is 10.0. The van der Waals surface area contributed by atoms with E-state index in [0.717, 1.165) is 36.5 Å². The topological polar surface area (TPSA) is 28.2 Å². The van der Waals surface area contributed by atoms with Gasteiger partial charge in [0.1, 0.15) is 17.5 Å². The molecule has 26 heavy (non-hydrogen) atoms. The van der Waals surface area contributed by atoms with Crippen molar-refractivity contribution in [1.29, 1.82) is 0 Å². The van der Waals surface area contributed by atoms with Crippen molar-refractivity contribution in [2.45, 2.75) is 25.8 Å². The van der Waals surface area contributed by atoms with E-state index in [1.54, 1.807) is 0 Å². The fraction of sp³-hybridized carbons (Fsp3) is 0.286. The molecule has 1 aliphatic heterocycles. The highest BCUT2D eigenvalue weighted by molar-refractivity contribution is 5.95. The molecule has 2 aromatic carbocycles. The number of piperidine rings is 1. The first-order valence-electron chi connectivity index (χ1n) is 9.01. The molecule has 0 radical (unpaired) electrons. The Labute approximate surface area is 151 Å². The number of pyridine rings is 1. The van der Waals surface area contributed by atoms with Gasteiger partial charge in [0.15, 0.2) is 0 Å². The molecule has 1 fully saturated rings. The SMILES string of the molecule is Fc1cc(F)cc(Nc2ncc(CN3CCCCC3)c3ccccc23)c1. The van der Waals surface area contributed by atoms with Gasteiger partial charge in [-0.2, -0.15) is 0 Å². The minimum Gasteiger partial charge on any atom is -0.340 e. The predicted molar refractivity (Wildman–Crippen MR) is 101 cm³/mol. The van der Waals surface area contributed by atoms with E-state index in [2.05, 4.69) is 21.3 Å². The fourth-order valence-electron chi connectivity index (χ4n) is 3.60. The highest BCUT2D eigenvalue weighted by Gasteiger charge is 2.14. The van der Waals surface area contributed by atoms with E-state index in [-0.39, 0.29) is 0 Å². The van der Waals surface area contributed by atoms with Crippen molar-refractivity contribution in [2.75, 3.05) is 18.4 Å². The van der Waals surface area contributed by atoms with Crippen molar-refractivity contribution in [3.63, 3.8) is 0 Å². The van der Waals surface area contributed by atoms with Crippen molar-refractivity contribution in [3.05, 3.63) is 65.9 Å². The second-order valence-electron chi connectivity index (χ2n) is 6.80. The first-order valence-corrected chi connectivity index (χ1v) is 9.01. The first kappa shape index (κ1) is 16.9. The number of hydrogen-bond acceptors (Lipinski definition) is 3. The number of nitrogens with zero attached hydrogens (tertiary/aromatic N) is 2. The molecule has 134 valence electrons. The van der Waals surface area contributed by atoms with Crippen LogP contribution in [0.3, 0.4) is 0 Å². The Kier molecular flexibility index (Phi) is 4.80. The van der Waals surface area contributed by atoms with Crippen molar-refractivity contribution in [1.82, 2.24) is 9.88 Å². The average molecular weight is 353 g/mol. The Morgan fingerprint density at radius 3 is 2.35 bits per heavy atom. The quantitative estimate of drug-likeness (QED) is 0.695. The lowest BCUT2D eigenvalue weighted by molar-refractivity contribution is 0.221. The Hall–Kier alpha value is -2.53. The summed E-state index contributed by atoms with van der Waals surface area (Å²) in [5.74, 6) is -0.620. The summed E-state index contributed by atoms with van der Waals surface area (Å²) >= 11 is 0. The van der Waals surface area contributed by atoms with E-state index in [1.807, 2.05) is 24.4 Å². The second-order valence-corrected chi connectivity index (χ2v) is 6.80. The summed E-state index contributed by atoms with van der Waals surface area (Å²) in [5, 5.41) is 5.12. The van der Waals surface area contributed by atoms with Crippen LogP contribution in [0.25, 0.3) is 10.8 Å². The maximum atomic E-state index is 13.5. The van der Waals surface area contributed by atoms with E-state index in [0.29, 0.717) is 11.5 Å². The molecule has 1 aliphatic rings. The molecule has 0 bridgehead atoms. The second kappa shape index (κ2) is 7.38. The van der Waals surface area contributed by atoms with Gasteiger partial charge in [0.05, 0.1) is 0 Å². The van der Waals surface area contributed by atoms with E-state index in [1.165, 1.54) is 37.0 Å². The van der Waals surface area contributed by atoms with Gasteiger partial charge in [0.25, 0.3) is 0 Å². The van der Waals surface area contributed by atoms with Crippen LogP contribution in [-0.2, 0) is 6.54 Å². The van der Waals surface area contributed by atoms with Crippen molar-refractivity contribution >= 4 is 22.3 Å². The van der Waals surface area contributed by atoms with Crippen LogP contribution in [0.4, 0.5) is 20.3 Å². The van der Waals surface area contributed by atoms with Gasteiger partial charge in [-0.1, -0.05) is 30.7 Å². The molecule has 0 saturated carbocycles. The van der Waals surface area contributed by atoms with Gasteiger partial charge >= 0.3 is 0 Å². The number of aromatic nitrogens is 1. The molecule has 0 amide bonds. The maximum absolute atomic E-state index is 13.5. The fourth-order valence-corrected chi connectivity index (χ4v) is 3.60. The maximum Gasteiger partial charge on any atom is 0.138 e. The molecule has 0 aliphatic carbocycles. The Morgan fingerprint density at radius 2 is 1.62 bits per heavy atom. The number of likely N-dealkylation sites (tertiary alicyclic amines) is 1. The largest absolute Gasteiger partial charge is 0.340 e. The zero-order valence-corrected chi connectivity index (χ0v) is 14.5. The van der Waals surface area contributed by atoms with Gasteiger partial charge in [-0.3, -0.25) is 4.90 Å². The smallest absolute Gasteiger partial charge is 0.138 e. The number of hydrogen-bond donors (Lipinski definition) is 1. The average Bonchev–Trinajstić information content (AvgIpc) is 2.64. The van der Waals surface area contributed by atoms with E-state index < -0.39 is 11.6 Å². The molecule has 4 rings (SSSR count). The van der Waals surface area contributed by atoms with Crippen LogP contribution in [-0.4, -0.2) is 23.0 Å². The number of anilines is 2. The lowest BCUT2D eigenvalue weighted by Gasteiger charge is -2.27. The number of halogens is 2. The minimum absolute atomic E-state index is 0.351. The third kappa shape index (κ3) is 3.68. The monoisotopic (exact) mass is 353 g/mol. The molecule has 0 spiro atoms. The van der Waals surface area contributed by atoms with E-state index in [4.69, 9.17) is 0 Å². The molecule has 3 nitrogen and oxygen atoms in total. The number of nitrogens with one attached hydrogen (secondary N) is 1. The molecule has 0 unspecified atom stereocenters. The Bertz CT molecular complexity index is 900. The van der Waals surface area contributed by atoms with Crippen LogP contribution < -0.4 is 5.32 Å². The molecule has 2 heterocycles. The van der Waals surface area contributed by atoms with Gasteiger partial charge in [0.2, 0.25) is 0 Å². The summed E-state index contributed by atoms with van der Waals surface area (Å²) in [5.41, 5.74) is 1.53. The van der Waals surface area contributed by atoms with Gasteiger partial charge in [-0.05, 0) is 49.0 Å². The van der Waals surface area contributed by atoms with Gasteiger partial charge in [0, 0.05) is 29.9 Å². The van der Waals surface area contributed by atoms with Crippen LogP contribution in [0.1, 0.15) is 24.8 Å². The summed E-state index contributed by atoms with van der Waals surface area (Å²) in [6.07, 6.45) is 5.67. The summed E-state index contributed by atoms with van der Waals surface area (Å²) < 4.78 is 26.9. The van der Waals surface area contributed by atoms with Crippen molar-refractivity contribution in [2.24, 2.45) is 0 Å². The minimum atomic E-state index is -0.612. The Morgan fingerprint density at radius 1 is 0.923 bits per heavy atom.